The van der Waals surface area contributed by atoms with Crippen LogP contribution in [0.15, 0.2) is 41.2 Å². The summed E-state index contributed by atoms with van der Waals surface area (Å²) in [4.78, 5) is 30.4. The van der Waals surface area contributed by atoms with Gasteiger partial charge in [0.15, 0.2) is 0 Å². The van der Waals surface area contributed by atoms with E-state index in [4.69, 9.17) is 0 Å². The lowest BCUT2D eigenvalue weighted by atomic mass is 10.0. The molecule has 0 radical (unpaired) electrons. The van der Waals surface area contributed by atoms with Crippen molar-refractivity contribution in [1.82, 2.24) is 26.1 Å². The molecule has 1 aliphatic rings. The van der Waals surface area contributed by atoms with Crippen molar-refractivity contribution in [2.24, 2.45) is 0 Å². The van der Waals surface area contributed by atoms with Crippen molar-refractivity contribution in [1.29, 1.82) is 0 Å². The van der Waals surface area contributed by atoms with Crippen molar-refractivity contribution >= 4 is 5.91 Å². The highest BCUT2D eigenvalue weighted by Crippen LogP contribution is 2.21. The van der Waals surface area contributed by atoms with Gasteiger partial charge in [-0.15, -0.1) is 0 Å². The molecule has 0 bridgehead atoms. The zero-order chi connectivity index (χ0) is 16.2. The number of aromatic amines is 1. The first-order valence-electron chi connectivity index (χ1n) is 7.52. The van der Waals surface area contributed by atoms with Gasteiger partial charge >= 0.3 is 0 Å². The first-order valence-corrected chi connectivity index (χ1v) is 7.52. The van der Waals surface area contributed by atoms with E-state index in [1.807, 2.05) is 30.3 Å². The molecule has 3 rings (SSSR count). The lowest BCUT2D eigenvalue weighted by molar-refractivity contribution is -0.123. The SMILES string of the molecule is Cc1nc(CNC(=O)C2CC(c3ccccc3)NN2)cc(=O)[nH]1. The standard InChI is InChI=1S/C16H19N5O2/c1-10-18-12(7-15(22)19-10)9-17-16(23)14-8-13(20-21-14)11-5-3-2-4-6-11/h2-7,13-14,20-21H,8-9H2,1H3,(H,17,23)(H,18,19,22). The Balaban J connectivity index is 1.56. The quantitative estimate of drug-likeness (QED) is 0.651. The predicted molar refractivity (Wildman–Crippen MR) is 85.3 cm³/mol. The van der Waals surface area contributed by atoms with Crippen LogP contribution in [0.2, 0.25) is 0 Å². The van der Waals surface area contributed by atoms with Crippen LogP contribution in [-0.2, 0) is 11.3 Å². The Hall–Kier alpha value is -2.51. The van der Waals surface area contributed by atoms with Gasteiger partial charge in [0.2, 0.25) is 5.91 Å². The summed E-state index contributed by atoms with van der Waals surface area (Å²) in [5.41, 5.74) is 7.62. The van der Waals surface area contributed by atoms with Crippen LogP contribution in [0.5, 0.6) is 0 Å². The minimum atomic E-state index is -0.316. The van der Waals surface area contributed by atoms with Crippen molar-refractivity contribution in [3.05, 3.63) is 63.8 Å². The number of nitrogens with zero attached hydrogens (tertiary/aromatic N) is 1. The van der Waals surface area contributed by atoms with Crippen LogP contribution in [0.1, 0.15) is 29.5 Å². The fraction of sp³-hybridized carbons (Fsp3) is 0.312. The Morgan fingerprint density at radius 2 is 2.09 bits per heavy atom. The molecule has 0 spiro atoms. The molecule has 1 aliphatic heterocycles. The third-order valence-corrected chi connectivity index (χ3v) is 3.78. The van der Waals surface area contributed by atoms with E-state index in [1.54, 1.807) is 6.92 Å². The molecule has 0 aliphatic carbocycles. The van der Waals surface area contributed by atoms with Crippen LogP contribution < -0.4 is 21.7 Å². The summed E-state index contributed by atoms with van der Waals surface area (Å²) >= 11 is 0. The largest absolute Gasteiger partial charge is 0.349 e. The van der Waals surface area contributed by atoms with Gasteiger partial charge in [-0.1, -0.05) is 30.3 Å². The second kappa shape index (κ2) is 6.72. The molecule has 7 heteroatoms. The second-order valence-electron chi connectivity index (χ2n) is 5.58. The Morgan fingerprint density at radius 1 is 1.30 bits per heavy atom. The number of hydrogen-bond donors (Lipinski definition) is 4. The van der Waals surface area contributed by atoms with E-state index in [1.165, 1.54) is 6.07 Å². The normalized spacial score (nSPS) is 20.4. The highest BCUT2D eigenvalue weighted by molar-refractivity contribution is 5.82. The van der Waals surface area contributed by atoms with Crippen LogP contribution >= 0.6 is 0 Å². The molecule has 1 amide bonds. The van der Waals surface area contributed by atoms with Crippen LogP contribution in [0.3, 0.4) is 0 Å². The monoisotopic (exact) mass is 313 g/mol. The van der Waals surface area contributed by atoms with Crippen LogP contribution in [0.4, 0.5) is 0 Å². The van der Waals surface area contributed by atoms with Crippen LogP contribution in [-0.4, -0.2) is 21.9 Å². The van der Waals surface area contributed by atoms with Crippen molar-refractivity contribution in [3.63, 3.8) is 0 Å². The van der Waals surface area contributed by atoms with E-state index in [9.17, 15) is 9.59 Å². The summed E-state index contributed by atoms with van der Waals surface area (Å²) in [6, 6.07) is 11.2. The van der Waals surface area contributed by atoms with Gasteiger partial charge in [-0.05, 0) is 18.9 Å². The van der Waals surface area contributed by atoms with E-state index in [0.717, 1.165) is 5.56 Å². The molecule has 0 saturated carbocycles. The number of nitrogens with one attached hydrogen (secondary N) is 4. The first kappa shape index (κ1) is 15.4. The van der Waals surface area contributed by atoms with E-state index in [-0.39, 0.29) is 30.1 Å². The number of carbonyl (C=O) groups is 1. The summed E-state index contributed by atoms with van der Waals surface area (Å²) in [6.45, 7) is 1.94. The lowest BCUT2D eigenvalue weighted by Gasteiger charge is -2.10. The number of aryl methyl sites for hydroxylation is 1. The number of hydrazine groups is 1. The molecule has 2 heterocycles. The number of hydrogen-bond acceptors (Lipinski definition) is 5. The van der Waals surface area contributed by atoms with Crippen molar-refractivity contribution < 1.29 is 4.79 Å². The van der Waals surface area contributed by atoms with Gasteiger partial charge in [-0.3, -0.25) is 9.59 Å². The highest BCUT2D eigenvalue weighted by atomic mass is 16.2. The Bertz CT molecular complexity index is 744. The highest BCUT2D eigenvalue weighted by Gasteiger charge is 2.29. The molecule has 23 heavy (non-hydrogen) atoms. The summed E-state index contributed by atoms with van der Waals surface area (Å²) in [5, 5.41) is 2.81. The topological polar surface area (TPSA) is 98.9 Å². The van der Waals surface area contributed by atoms with E-state index < -0.39 is 0 Å². The zero-order valence-corrected chi connectivity index (χ0v) is 12.8. The van der Waals surface area contributed by atoms with Crippen LogP contribution in [0, 0.1) is 6.92 Å². The molecule has 1 saturated heterocycles. The molecule has 4 N–H and O–H groups in total. The lowest BCUT2D eigenvalue weighted by Crippen LogP contribution is -2.43. The zero-order valence-electron chi connectivity index (χ0n) is 12.8. The molecule has 1 aromatic carbocycles. The minimum absolute atomic E-state index is 0.104. The second-order valence-corrected chi connectivity index (χ2v) is 5.58. The molecule has 120 valence electrons. The van der Waals surface area contributed by atoms with Gasteiger partial charge in [-0.25, -0.2) is 15.8 Å². The van der Waals surface area contributed by atoms with Gasteiger partial charge < -0.3 is 10.3 Å². The van der Waals surface area contributed by atoms with Gasteiger partial charge in [0.1, 0.15) is 11.9 Å². The molecular weight excluding hydrogens is 294 g/mol. The molecule has 2 atom stereocenters. The molecular formula is C16H19N5O2. The van der Waals surface area contributed by atoms with Gasteiger partial charge in [0.25, 0.3) is 5.56 Å². The number of amides is 1. The summed E-state index contributed by atoms with van der Waals surface area (Å²) in [7, 11) is 0. The number of H-pyrrole nitrogens is 1. The number of benzene rings is 1. The number of aromatic nitrogens is 2. The maximum Gasteiger partial charge on any atom is 0.251 e. The molecule has 2 unspecified atom stereocenters. The predicted octanol–water partition coefficient (Wildman–Crippen LogP) is 0.302. The Labute approximate surface area is 133 Å². The summed E-state index contributed by atoms with van der Waals surface area (Å²) < 4.78 is 0. The van der Waals surface area contributed by atoms with E-state index in [2.05, 4.69) is 26.1 Å². The summed E-state index contributed by atoms with van der Waals surface area (Å²) in [5.74, 6) is 0.419. The number of carbonyl (C=O) groups excluding carboxylic acids is 1. The van der Waals surface area contributed by atoms with Gasteiger partial charge in [-0.2, -0.15) is 0 Å². The van der Waals surface area contributed by atoms with Crippen LogP contribution in [0.25, 0.3) is 0 Å². The van der Waals surface area contributed by atoms with Crippen molar-refractivity contribution in [2.75, 3.05) is 0 Å². The Kier molecular flexibility index (Phi) is 4.50. The van der Waals surface area contributed by atoms with Crippen molar-refractivity contribution in [2.45, 2.75) is 32.0 Å². The maximum absolute atomic E-state index is 12.2. The van der Waals surface area contributed by atoms with E-state index >= 15 is 0 Å². The smallest absolute Gasteiger partial charge is 0.251 e. The number of rotatable bonds is 4. The van der Waals surface area contributed by atoms with Gasteiger partial charge in [0.05, 0.1) is 12.2 Å². The third-order valence-electron chi connectivity index (χ3n) is 3.78. The average molecular weight is 313 g/mol. The fourth-order valence-electron chi connectivity index (χ4n) is 2.66. The fourth-order valence-corrected chi connectivity index (χ4v) is 2.66. The summed E-state index contributed by atoms with van der Waals surface area (Å²) in [6.07, 6.45) is 0.664. The third kappa shape index (κ3) is 3.82. The molecule has 1 aromatic heterocycles. The minimum Gasteiger partial charge on any atom is -0.349 e. The molecule has 1 fully saturated rings. The van der Waals surface area contributed by atoms with E-state index in [0.29, 0.717) is 17.9 Å². The average Bonchev–Trinajstić information content (AvgIpc) is 3.03. The Morgan fingerprint density at radius 3 is 2.83 bits per heavy atom. The molecule has 2 aromatic rings. The first-order chi connectivity index (χ1) is 11.1. The molecule has 7 nitrogen and oxygen atoms in total. The van der Waals surface area contributed by atoms with Gasteiger partial charge in [0, 0.05) is 12.1 Å². The maximum atomic E-state index is 12.2. The van der Waals surface area contributed by atoms with Crippen molar-refractivity contribution in [3.8, 4) is 0 Å².